The minimum atomic E-state index is -4.59. The van der Waals surface area contributed by atoms with Crippen LogP contribution in [0.4, 0.5) is 13.2 Å². The molecule has 1 amide bonds. The van der Waals surface area contributed by atoms with Crippen LogP contribution in [0.25, 0.3) is 0 Å². The lowest BCUT2D eigenvalue weighted by atomic mass is 9.92. The van der Waals surface area contributed by atoms with Crippen LogP contribution < -0.4 is 5.49 Å². The van der Waals surface area contributed by atoms with E-state index in [0.29, 0.717) is 30.6 Å². The molecule has 190 valence electrons. The van der Waals surface area contributed by atoms with Crippen molar-refractivity contribution in [3.63, 3.8) is 0 Å². The van der Waals surface area contributed by atoms with Crippen molar-refractivity contribution in [2.45, 2.75) is 77.6 Å². The summed E-state index contributed by atoms with van der Waals surface area (Å²) in [5.41, 5.74) is -0.545. The van der Waals surface area contributed by atoms with E-state index in [1.54, 1.807) is 27.0 Å². The van der Waals surface area contributed by atoms with Gasteiger partial charge in [-0.1, -0.05) is 26.8 Å². The van der Waals surface area contributed by atoms with Gasteiger partial charge in [-0.3, -0.25) is 14.2 Å². The Balaban J connectivity index is 2.62. The zero-order valence-corrected chi connectivity index (χ0v) is 21.1. The van der Waals surface area contributed by atoms with E-state index in [1.807, 2.05) is 37.2 Å². The molecule has 6 nitrogen and oxygen atoms in total. The highest BCUT2D eigenvalue weighted by molar-refractivity contribution is 5.96. The van der Waals surface area contributed by atoms with E-state index < -0.39 is 23.2 Å². The van der Waals surface area contributed by atoms with Crippen LogP contribution in [0.3, 0.4) is 0 Å². The maximum absolute atomic E-state index is 13.4. The molecule has 1 aromatic carbocycles. The van der Waals surface area contributed by atoms with Crippen LogP contribution in [0, 0.1) is 0 Å². The summed E-state index contributed by atoms with van der Waals surface area (Å²) in [5, 5.41) is 10.1. The molecule has 0 saturated carbocycles. The van der Waals surface area contributed by atoms with Gasteiger partial charge in [0.05, 0.1) is 11.2 Å². The number of halogens is 3. The van der Waals surface area contributed by atoms with Crippen molar-refractivity contribution in [2.75, 3.05) is 13.7 Å². The number of nitrogens with zero attached hydrogens (tertiary/aromatic N) is 3. The first-order chi connectivity index (χ1) is 15.5. The Morgan fingerprint density at radius 3 is 2.29 bits per heavy atom. The third-order valence-electron chi connectivity index (χ3n) is 5.62. The van der Waals surface area contributed by atoms with E-state index in [-0.39, 0.29) is 23.8 Å². The van der Waals surface area contributed by atoms with Gasteiger partial charge in [-0.2, -0.15) is 18.2 Å². The Bertz CT molecular complexity index is 1070. The van der Waals surface area contributed by atoms with Crippen LogP contribution >= 0.6 is 0 Å². The lowest BCUT2D eigenvalue weighted by molar-refractivity contribution is -0.137. The monoisotopic (exact) mass is 483 g/mol. The Morgan fingerprint density at radius 2 is 1.76 bits per heavy atom. The van der Waals surface area contributed by atoms with Gasteiger partial charge in [0.2, 0.25) is 0 Å². The lowest BCUT2D eigenvalue weighted by Crippen LogP contribution is -2.26. The van der Waals surface area contributed by atoms with Gasteiger partial charge >= 0.3 is 6.18 Å². The molecule has 0 aliphatic heterocycles. The topological polar surface area (TPSA) is 68.8 Å². The second kappa shape index (κ2) is 10.5. The fraction of sp³-hybridized carbons (Fsp3) is 0.600. The van der Waals surface area contributed by atoms with E-state index in [2.05, 4.69) is 4.99 Å². The van der Waals surface area contributed by atoms with Crippen molar-refractivity contribution < 1.29 is 27.8 Å². The maximum atomic E-state index is 13.4. The summed E-state index contributed by atoms with van der Waals surface area (Å²) in [6, 6.07) is 4.92. The number of aliphatic hydroxyl groups is 1. The van der Waals surface area contributed by atoms with Crippen LogP contribution in [-0.2, 0) is 36.3 Å². The fourth-order valence-corrected chi connectivity index (χ4v) is 3.76. The van der Waals surface area contributed by atoms with E-state index in [4.69, 9.17) is 4.74 Å². The predicted molar refractivity (Wildman–Crippen MR) is 125 cm³/mol. The summed E-state index contributed by atoms with van der Waals surface area (Å²) in [6.45, 7) is 10.4. The van der Waals surface area contributed by atoms with Gasteiger partial charge in [-0.15, -0.1) is 0 Å². The van der Waals surface area contributed by atoms with Gasteiger partial charge in [-0.25, -0.2) is 0 Å². The number of alkyl halides is 3. The molecule has 0 spiro atoms. The Labute approximate surface area is 199 Å². The third kappa shape index (κ3) is 7.30. The minimum Gasteiger partial charge on any atom is -0.390 e. The largest absolute Gasteiger partial charge is 0.416 e. The Kier molecular flexibility index (Phi) is 8.58. The number of hydrogen-bond donors (Lipinski definition) is 1. The van der Waals surface area contributed by atoms with Crippen molar-refractivity contribution in [1.29, 1.82) is 0 Å². The molecule has 2 rings (SSSR count). The molecule has 2 aromatic rings. The zero-order valence-electron chi connectivity index (χ0n) is 21.1. The fourth-order valence-electron chi connectivity index (χ4n) is 3.76. The molecule has 0 atom stereocenters. The average Bonchev–Trinajstić information content (AvgIpc) is 3.01. The molecule has 1 N–H and O–H groups in total. The Hall–Kier alpha value is -2.39. The molecule has 9 heteroatoms. The third-order valence-corrected chi connectivity index (χ3v) is 5.62. The standard InChI is InChI=1S/C25H36F3N3O3/c1-23(2,3)20-16-21(31(30(20)6)13-8-14-34-7)29-22(32)19-15-18(25(26,27)28)10-9-17(19)11-12-24(4,5)33/h9-10,15-16,33H,8,11-14H2,1-7H3/b29-21+. The highest BCUT2D eigenvalue weighted by Crippen LogP contribution is 2.31. The van der Waals surface area contributed by atoms with Gasteiger partial charge in [0.25, 0.3) is 5.91 Å². The summed E-state index contributed by atoms with van der Waals surface area (Å²) in [7, 11) is 3.48. The number of amides is 1. The van der Waals surface area contributed by atoms with Gasteiger partial charge in [-0.05, 0) is 50.8 Å². The first kappa shape index (κ1) is 27.9. The van der Waals surface area contributed by atoms with Crippen molar-refractivity contribution in [3.8, 4) is 0 Å². The molecule has 0 bridgehead atoms. The second-order valence-electron chi connectivity index (χ2n) is 10.2. The van der Waals surface area contributed by atoms with Gasteiger partial charge in [0.15, 0.2) is 5.49 Å². The smallest absolute Gasteiger partial charge is 0.390 e. The van der Waals surface area contributed by atoms with Crippen LogP contribution in [0.2, 0.25) is 0 Å². The predicted octanol–water partition coefficient (Wildman–Crippen LogP) is 4.62. The van der Waals surface area contributed by atoms with Crippen molar-refractivity contribution in [3.05, 3.63) is 52.1 Å². The van der Waals surface area contributed by atoms with Gasteiger partial charge in [0, 0.05) is 50.0 Å². The Morgan fingerprint density at radius 1 is 1.12 bits per heavy atom. The van der Waals surface area contributed by atoms with Crippen molar-refractivity contribution in [2.24, 2.45) is 12.0 Å². The van der Waals surface area contributed by atoms with E-state index in [0.717, 1.165) is 17.8 Å². The number of hydrogen-bond acceptors (Lipinski definition) is 3. The molecule has 0 fully saturated rings. The summed E-state index contributed by atoms with van der Waals surface area (Å²) >= 11 is 0. The molecule has 34 heavy (non-hydrogen) atoms. The lowest BCUT2D eigenvalue weighted by Gasteiger charge is -2.20. The first-order valence-electron chi connectivity index (χ1n) is 11.3. The molecule has 1 heterocycles. The van der Waals surface area contributed by atoms with Crippen molar-refractivity contribution in [1.82, 2.24) is 9.36 Å². The molecule has 0 unspecified atom stereocenters. The maximum Gasteiger partial charge on any atom is 0.416 e. The summed E-state index contributed by atoms with van der Waals surface area (Å²) in [4.78, 5) is 17.5. The molecule has 0 saturated heterocycles. The number of aryl methyl sites for hydroxylation is 1. The zero-order chi connectivity index (χ0) is 25.9. The molecular formula is C25H36F3N3O3. The van der Waals surface area contributed by atoms with E-state index in [9.17, 15) is 23.1 Å². The highest BCUT2D eigenvalue weighted by Gasteiger charge is 2.32. The van der Waals surface area contributed by atoms with Crippen LogP contribution in [-0.4, -0.2) is 39.7 Å². The molecule has 0 aliphatic carbocycles. The number of benzene rings is 1. The number of rotatable bonds is 8. The second-order valence-corrected chi connectivity index (χ2v) is 10.2. The number of aromatic nitrogens is 2. The van der Waals surface area contributed by atoms with Gasteiger partial charge < -0.3 is 9.84 Å². The molecular weight excluding hydrogens is 447 g/mol. The number of ether oxygens (including phenoxy) is 1. The van der Waals surface area contributed by atoms with Crippen molar-refractivity contribution >= 4 is 5.91 Å². The summed E-state index contributed by atoms with van der Waals surface area (Å²) < 4.78 is 49.1. The van der Waals surface area contributed by atoms with Gasteiger partial charge in [0.1, 0.15) is 0 Å². The van der Waals surface area contributed by atoms with Crippen LogP contribution in [0.15, 0.2) is 29.3 Å². The molecule has 0 radical (unpaired) electrons. The summed E-state index contributed by atoms with van der Waals surface area (Å²) in [6.07, 6.45) is -3.38. The number of carbonyl (C=O) groups excluding carboxylic acids is 1. The normalized spacial score (nSPS) is 13.6. The summed E-state index contributed by atoms with van der Waals surface area (Å²) in [5.74, 6) is -0.747. The minimum absolute atomic E-state index is 0.108. The average molecular weight is 484 g/mol. The highest BCUT2D eigenvalue weighted by atomic mass is 19.4. The van der Waals surface area contributed by atoms with Crippen LogP contribution in [0.1, 0.15) is 74.6 Å². The number of carbonyl (C=O) groups is 1. The first-order valence-corrected chi connectivity index (χ1v) is 11.3. The van der Waals surface area contributed by atoms with E-state index >= 15 is 0 Å². The quantitative estimate of drug-likeness (QED) is 0.557. The SMILES string of the molecule is COCCCn1/c(=N/C(=O)c2cc(C(F)(F)F)ccc2CCC(C)(C)O)cc(C(C)(C)C)n1C. The van der Waals surface area contributed by atoms with E-state index in [1.165, 1.54) is 6.07 Å². The molecule has 1 aromatic heterocycles. The number of methoxy groups -OCH3 is 1. The van der Waals surface area contributed by atoms with Crippen LogP contribution in [0.5, 0.6) is 0 Å². The molecule has 0 aliphatic rings.